The van der Waals surface area contributed by atoms with E-state index in [9.17, 15) is 0 Å². The number of allylic oxidation sites excluding steroid dienone is 5. The third-order valence-corrected chi connectivity index (χ3v) is 12.1. The van der Waals surface area contributed by atoms with Gasteiger partial charge in [-0.25, -0.2) is 0 Å². The van der Waals surface area contributed by atoms with Crippen molar-refractivity contribution < 1.29 is 0 Å². The molecule has 0 radical (unpaired) electrons. The minimum Gasteiger partial charge on any atom is -0.388 e. The zero-order chi connectivity index (χ0) is 33.2. The highest BCUT2D eigenvalue weighted by Crippen LogP contribution is 2.34. The lowest BCUT2D eigenvalue weighted by molar-refractivity contribution is 0.147. The lowest BCUT2D eigenvalue weighted by Crippen LogP contribution is -2.38. The van der Waals surface area contributed by atoms with E-state index in [0.29, 0.717) is 5.92 Å². The Balaban J connectivity index is 2.20. The van der Waals surface area contributed by atoms with Crippen LogP contribution in [0.3, 0.4) is 0 Å². The van der Waals surface area contributed by atoms with Gasteiger partial charge in [0.25, 0.3) is 0 Å². The van der Waals surface area contributed by atoms with Crippen molar-refractivity contribution in [3.63, 3.8) is 0 Å². The zero-order valence-electron chi connectivity index (χ0n) is 30.7. The number of hydrogen-bond donors (Lipinski definition) is 1. The lowest BCUT2D eigenvalue weighted by atomic mass is 9.75. The maximum Gasteiger partial charge on any atom is 0.0271 e. The van der Waals surface area contributed by atoms with Crippen LogP contribution in [0.4, 0.5) is 0 Å². The first kappa shape index (κ1) is 42.2. The molecule has 1 rings (SSSR count). The van der Waals surface area contributed by atoms with E-state index < -0.39 is 0 Å². The normalized spacial score (nSPS) is 15.2. The van der Waals surface area contributed by atoms with Crippen molar-refractivity contribution in [2.45, 2.75) is 144 Å². The van der Waals surface area contributed by atoms with Gasteiger partial charge in [-0.3, -0.25) is 0 Å². The van der Waals surface area contributed by atoms with Gasteiger partial charge < -0.3 is 15.1 Å². The van der Waals surface area contributed by atoms with E-state index in [1.165, 1.54) is 119 Å². The average molecular weight is 662 g/mol. The Kier molecular flexibility index (Phi) is 25.5. The molecule has 0 aromatic heterocycles. The Morgan fingerprint density at radius 3 is 2.18 bits per heavy atom. The second kappa shape index (κ2) is 27.2. The summed E-state index contributed by atoms with van der Waals surface area (Å²) < 4.78 is 0. The van der Waals surface area contributed by atoms with Crippen molar-refractivity contribution in [2.75, 3.05) is 50.8 Å². The van der Waals surface area contributed by atoms with Gasteiger partial charge in [0.1, 0.15) is 0 Å². The van der Waals surface area contributed by atoms with Gasteiger partial charge >= 0.3 is 0 Å². The summed E-state index contributed by atoms with van der Waals surface area (Å²) in [6, 6.07) is 0. The Bertz CT molecular complexity index is 797. The fraction of sp³-hybridized carbons (Fsp3) is 0.800. The van der Waals surface area contributed by atoms with Crippen molar-refractivity contribution >= 4 is 21.6 Å². The summed E-state index contributed by atoms with van der Waals surface area (Å²) in [5, 5.41) is 3.57. The second-order valence-electron chi connectivity index (χ2n) is 14.3. The molecule has 1 aliphatic heterocycles. The molecule has 0 amide bonds. The summed E-state index contributed by atoms with van der Waals surface area (Å²) >= 11 is 0. The molecule has 0 saturated carbocycles. The third kappa shape index (κ3) is 22.4. The highest BCUT2D eigenvalue weighted by Gasteiger charge is 2.29. The number of hydrogen-bond acceptors (Lipinski definition) is 5. The molecular formula is C40H75N3S2. The SMILES string of the molecule is C=C(CC/C=C\CCCCCC)CC(C)C(C)(C)CN(CCC)C(=C)CCCSSCCCC(=C)NCCN1CCCCCC1. The number of nitrogens with one attached hydrogen (secondary N) is 1. The van der Waals surface area contributed by atoms with Crippen molar-refractivity contribution in [3.05, 3.63) is 48.9 Å². The Morgan fingerprint density at radius 2 is 1.51 bits per heavy atom. The van der Waals surface area contributed by atoms with E-state index in [1.807, 2.05) is 21.6 Å². The second-order valence-corrected chi connectivity index (χ2v) is 17.0. The summed E-state index contributed by atoms with van der Waals surface area (Å²) in [7, 11) is 4.06. The van der Waals surface area contributed by atoms with Crippen LogP contribution in [0.1, 0.15) is 144 Å². The van der Waals surface area contributed by atoms with Crippen molar-refractivity contribution in [3.8, 4) is 0 Å². The van der Waals surface area contributed by atoms with E-state index in [0.717, 1.165) is 58.3 Å². The highest BCUT2D eigenvalue weighted by molar-refractivity contribution is 8.76. The summed E-state index contributed by atoms with van der Waals surface area (Å²) in [5.74, 6) is 3.01. The zero-order valence-corrected chi connectivity index (χ0v) is 32.4. The lowest BCUT2D eigenvalue weighted by Gasteiger charge is -2.39. The molecule has 1 fully saturated rings. The fourth-order valence-corrected chi connectivity index (χ4v) is 8.26. The predicted octanol–water partition coefficient (Wildman–Crippen LogP) is 12.0. The van der Waals surface area contributed by atoms with Crippen molar-refractivity contribution in [1.29, 1.82) is 0 Å². The smallest absolute Gasteiger partial charge is 0.0271 e. The molecule has 0 spiro atoms. The van der Waals surface area contributed by atoms with Crippen LogP contribution in [0.2, 0.25) is 0 Å². The molecule has 1 aliphatic rings. The monoisotopic (exact) mass is 662 g/mol. The summed E-state index contributed by atoms with van der Waals surface area (Å²) in [5.41, 5.74) is 4.18. The molecule has 0 aliphatic carbocycles. The summed E-state index contributed by atoms with van der Waals surface area (Å²) in [6.45, 7) is 32.1. The minimum absolute atomic E-state index is 0.229. The van der Waals surface area contributed by atoms with Gasteiger partial charge in [0.2, 0.25) is 0 Å². The highest BCUT2D eigenvalue weighted by atomic mass is 33.1. The van der Waals surface area contributed by atoms with Gasteiger partial charge in [-0.1, -0.05) is 126 Å². The molecule has 1 unspecified atom stereocenters. The molecular weight excluding hydrogens is 587 g/mol. The largest absolute Gasteiger partial charge is 0.388 e. The third-order valence-electron chi connectivity index (χ3n) is 9.51. The first-order valence-electron chi connectivity index (χ1n) is 18.8. The van der Waals surface area contributed by atoms with Crippen molar-refractivity contribution in [1.82, 2.24) is 15.1 Å². The molecule has 5 heteroatoms. The molecule has 1 heterocycles. The van der Waals surface area contributed by atoms with E-state index >= 15 is 0 Å². The van der Waals surface area contributed by atoms with Gasteiger partial charge in [-0.15, -0.1) is 0 Å². The average Bonchev–Trinajstić information content (AvgIpc) is 3.28. The van der Waals surface area contributed by atoms with Gasteiger partial charge in [-0.05, 0) is 101 Å². The molecule has 262 valence electrons. The van der Waals surface area contributed by atoms with Crippen LogP contribution >= 0.6 is 21.6 Å². The molecule has 45 heavy (non-hydrogen) atoms. The molecule has 1 saturated heterocycles. The summed E-state index contributed by atoms with van der Waals surface area (Å²) in [6.07, 6.45) is 26.1. The maximum absolute atomic E-state index is 4.55. The van der Waals surface area contributed by atoms with Gasteiger partial charge in [0, 0.05) is 49.1 Å². The summed E-state index contributed by atoms with van der Waals surface area (Å²) in [4.78, 5) is 5.20. The van der Waals surface area contributed by atoms with Crippen LogP contribution in [0, 0.1) is 11.3 Å². The standard InChI is InChI=1S/C40H75N3S2/c1-9-11-12-13-14-15-16-19-24-36(3)34-37(4)40(7,8)35-43(28-10-2)39(6)26-23-33-45-44-32-22-25-38(5)41-27-31-42-29-20-17-18-21-30-42/h15-16,37,41H,3,5-6,9-14,17-35H2,1-2,4,7-8H3/b16-15-. The van der Waals surface area contributed by atoms with Gasteiger partial charge in [-0.2, -0.15) is 0 Å². The van der Waals surface area contributed by atoms with Gasteiger partial charge in [0.05, 0.1) is 0 Å². The molecule has 0 aromatic rings. The topological polar surface area (TPSA) is 18.5 Å². The molecule has 0 aromatic carbocycles. The molecule has 3 nitrogen and oxygen atoms in total. The number of rotatable bonds is 29. The fourth-order valence-electron chi connectivity index (χ4n) is 6.08. The van der Waals surface area contributed by atoms with E-state index in [4.69, 9.17) is 0 Å². The van der Waals surface area contributed by atoms with Crippen LogP contribution in [-0.4, -0.2) is 60.6 Å². The Hall–Kier alpha value is -0.780. The molecule has 1 N–H and O–H groups in total. The molecule has 0 bridgehead atoms. The Morgan fingerprint density at radius 1 is 0.844 bits per heavy atom. The first-order chi connectivity index (χ1) is 21.7. The Labute approximate surface area is 290 Å². The van der Waals surface area contributed by atoms with Gasteiger partial charge in [0.15, 0.2) is 0 Å². The number of unbranched alkanes of at least 4 members (excludes halogenated alkanes) is 4. The quantitative estimate of drug-likeness (QED) is 0.0487. The predicted molar refractivity (Wildman–Crippen MR) is 210 cm³/mol. The van der Waals surface area contributed by atoms with Crippen LogP contribution in [-0.2, 0) is 0 Å². The minimum atomic E-state index is 0.229. The van der Waals surface area contributed by atoms with Crippen molar-refractivity contribution in [2.24, 2.45) is 11.3 Å². The van der Waals surface area contributed by atoms with Crippen LogP contribution in [0.15, 0.2) is 48.9 Å². The number of nitrogens with zero attached hydrogens (tertiary/aromatic N) is 2. The number of likely N-dealkylation sites (tertiary alicyclic amines) is 1. The van der Waals surface area contributed by atoms with Crippen LogP contribution < -0.4 is 5.32 Å². The first-order valence-corrected chi connectivity index (χ1v) is 21.3. The maximum atomic E-state index is 4.55. The van der Waals surface area contributed by atoms with E-state index in [2.05, 4.69) is 81.6 Å². The molecule has 1 atom stereocenters. The van der Waals surface area contributed by atoms with E-state index in [-0.39, 0.29) is 5.41 Å². The van der Waals surface area contributed by atoms with Crippen LogP contribution in [0.5, 0.6) is 0 Å². The van der Waals surface area contributed by atoms with E-state index in [1.54, 1.807) is 0 Å². The van der Waals surface area contributed by atoms with Crippen LogP contribution in [0.25, 0.3) is 0 Å².